The van der Waals surface area contributed by atoms with Crippen molar-refractivity contribution in [3.8, 4) is 0 Å². The van der Waals surface area contributed by atoms with Crippen LogP contribution in [0.4, 0.5) is 0 Å². The summed E-state index contributed by atoms with van der Waals surface area (Å²) in [7, 11) is 0. The van der Waals surface area contributed by atoms with Gasteiger partial charge in [0.05, 0.1) is 11.4 Å². The number of carbonyl (C=O) groups excluding carboxylic acids is 1. The fraction of sp³-hybridized carbons (Fsp3) is 0.308. The first-order valence-electron chi connectivity index (χ1n) is 5.75. The van der Waals surface area contributed by atoms with Gasteiger partial charge in [-0.1, -0.05) is 23.7 Å². The van der Waals surface area contributed by atoms with Crippen molar-refractivity contribution in [3.63, 3.8) is 0 Å². The number of nitrogens with zero attached hydrogens (tertiary/aromatic N) is 3. The SMILES string of the molecule is CC(C)n1ncnc1CC(=O)c1ccccc1Cl. The van der Waals surface area contributed by atoms with Crippen LogP contribution in [0.2, 0.25) is 5.02 Å². The topological polar surface area (TPSA) is 47.8 Å². The van der Waals surface area contributed by atoms with Gasteiger partial charge >= 0.3 is 0 Å². The Balaban J connectivity index is 2.22. The molecule has 1 aromatic carbocycles. The van der Waals surface area contributed by atoms with Gasteiger partial charge < -0.3 is 0 Å². The fourth-order valence-corrected chi connectivity index (χ4v) is 2.00. The van der Waals surface area contributed by atoms with Gasteiger partial charge in [0.2, 0.25) is 0 Å². The molecule has 94 valence electrons. The van der Waals surface area contributed by atoms with Crippen LogP contribution in [0.5, 0.6) is 0 Å². The van der Waals surface area contributed by atoms with Crippen LogP contribution in [-0.2, 0) is 6.42 Å². The number of carbonyl (C=O) groups is 1. The van der Waals surface area contributed by atoms with Crippen molar-refractivity contribution in [1.29, 1.82) is 0 Å². The minimum Gasteiger partial charge on any atom is -0.294 e. The molecule has 0 unspecified atom stereocenters. The van der Waals surface area contributed by atoms with Crippen molar-refractivity contribution in [3.05, 3.63) is 47.0 Å². The van der Waals surface area contributed by atoms with E-state index in [-0.39, 0.29) is 18.2 Å². The smallest absolute Gasteiger partial charge is 0.171 e. The van der Waals surface area contributed by atoms with Gasteiger partial charge in [-0.3, -0.25) is 4.79 Å². The molecule has 0 saturated carbocycles. The average Bonchev–Trinajstić information content (AvgIpc) is 2.77. The number of ketones is 1. The first kappa shape index (κ1) is 12.8. The molecule has 5 heteroatoms. The fourth-order valence-electron chi connectivity index (χ4n) is 1.76. The molecule has 1 heterocycles. The zero-order valence-corrected chi connectivity index (χ0v) is 11.1. The van der Waals surface area contributed by atoms with Crippen LogP contribution in [-0.4, -0.2) is 20.5 Å². The highest BCUT2D eigenvalue weighted by molar-refractivity contribution is 6.34. The van der Waals surface area contributed by atoms with Crippen molar-refractivity contribution in [2.24, 2.45) is 0 Å². The Labute approximate surface area is 111 Å². The molecule has 0 atom stereocenters. The largest absolute Gasteiger partial charge is 0.294 e. The number of rotatable bonds is 4. The molecule has 0 aliphatic carbocycles. The number of hydrogen-bond donors (Lipinski definition) is 0. The van der Waals surface area contributed by atoms with E-state index in [1.807, 2.05) is 13.8 Å². The Kier molecular flexibility index (Phi) is 3.77. The molecular weight excluding hydrogens is 250 g/mol. The normalized spacial score (nSPS) is 10.9. The Hall–Kier alpha value is -1.68. The lowest BCUT2D eigenvalue weighted by atomic mass is 10.1. The van der Waals surface area contributed by atoms with E-state index in [0.717, 1.165) is 0 Å². The van der Waals surface area contributed by atoms with Gasteiger partial charge in [-0.05, 0) is 26.0 Å². The molecule has 0 radical (unpaired) electrons. The van der Waals surface area contributed by atoms with E-state index in [1.165, 1.54) is 6.33 Å². The number of halogens is 1. The highest BCUT2D eigenvalue weighted by Crippen LogP contribution is 2.17. The van der Waals surface area contributed by atoms with Crippen molar-refractivity contribution in [2.75, 3.05) is 0 Å². The van der Waals surface area contributed by atoms with Crippen LogP contribution in [0.3, 0.4) is 0 Å². The number of benzene rings is 1. The Morgan fingerprint density at radius 2 is 2.11 bits per heavy atom. The Morgan fingerprint density at radius 1 is 1.39 bits per heavy atom. The van der Waals surface area contributed by atoms with E-state index in [2.05, 4.69) is 10.1 Å². The molecule has 0 spiro atoms. The zero-order chi connectivity index (χ0) is 13.1. The van der Waals surface area contributed by atoms with E-state index in [0.29, 0.717) is 16.4 Å². The standard InChI is InChI=1S/C13H14ClN3O/c1-9(2)17-13(15-8-16-17)7-12(18)10-5-3-4-6-11(10)14/h3-6,8-9H,7H2,1-2H3. The van der Waals surface area contributed by atoms with E-state index < -0.39 is 0 Å². The van der Waals surface area contributed by atoms with Gasteiger partial charge in [-0.25, -0.2) is 9.67 Å². The summed E-state index contributed by atoms with van der Waals surface area (Å²) in [6, 6.07) is 7.21. The number of Topliss-reactive ketones (excluding diaryl/α,β-unsaturated/α-hetero) is 1. The van der Waals surface area contributed by atoms with Crippen molar-refractivity contribution in [1.82, 2.24) is 14.8 Å². The summed E-state index contributed by atoms with van der Waals surface area (Å²) >= 11 is 6.00. The van der Waals surface area contributed by atoms with Crippen LogP contribution < -0.4 is 0 Å². The number of aromatic nitrogens is 3. The summed E-state index contributed by atoms with van der Waals surface area (Å²) in [4.78, 5) is 16.3. The molecule has 0 aliphatic rings. The lowest BCUT2D eigenvalue weighted by Gasteiger charge is -2.09. The van der Waals surface area contributed by atoms with E-state index >= 15 is 0 Å². The zero-order valence-electron chi connectivity index (χ0n) is 10.3. The molecule has 4 nitrogen and oxygen atoms in total. The monoisotopic (exact) mass is 263 g/mol. The van der Waals surface area contributed by atoms with Gasteiger partial charge in [0, 0.05) is 11.6 Å². The third-order valence-electron chi connectivity index (χ3n) is 2.63. The number of hydrogen-bond acceptors (Lipinski definition) is 3. The molecular formula is C13H14ClN3O. The molecule has 0 fully saturated rings. The van der Waals surface area contributed by atoms with Gasteiger partial charge in [-0.2, -0.15) is 5.10 Å². The third-order valence-corrected chi connectivity index (χ3v) is 2.96. The first-order valence-corrected chi connectivity index (χ1v) is 6.13. The quantitative estimate of drug-likeness (QED) is 0.797. The van der Waals surface area contributed by atoms with Gasteiger partial charge in [0.25, 0.3) is 0 Å². The summed E-state index contributed by atoms with van der Waals surface area (Å²) in [5.74, 6) is 0.616. The highest BCUT2D eigenvalue weighted by atomic mass is 35.5. The third kappa shape index (κ3) is 2.59. The minimum absolute atomic E-state index is 0.0458. The Bertz CT molecular complexity index is 563. The first-order chi connectivity index (χ1) is 8.59. The predicted octanol–water partition coefficient (Wildman–Crippen LogP) is 2.94. The summed E-state index contributed by atoms with van der Waals surface area (Å²) in [6.07, 6.45) is 1.68. The van der Waals surface area contributed by atoms with Crippen molar-refractivity contribution in [2.45, 2.75) is 26.3 Å². The van der Waals surface area contributed by atoms with Gasteiger partial charge in [0.15, 0.2) is 5.78 Å². The maximum atomic E-state index is 12.1. The molecule has 2 rings (SSSR count). The summed E-state index contributed by atoms with van der Waals surface area (Å²) in [5.41, 5.74) is 0.525. The van der Waals surface area contributed by atoms with Gasteiger partial charge in [-0.15, -0.1) is 0 Å². The Morgan fingerprint density at radius 3 is 2.78 bits per heavy atom. The second kappa shape index (κ2) is 5.31. The molecule has 1 aromatic heterocycles. The van der Waals surface area contributed by atoms with Gasteiger partial charge in [0.1, 0.15) is 12.2 Å². The second-order valence-electron chi connectivity index (χ2n) is 4.29. The molecule has 0 bridgehead atoms. The summed E-state index contributed by atoms with van der Waals surface area (Å²) in [6.45, 7) is 4.00. The van der Waals surface area contributed by atoms with E-state index in [1.54, 1.807) is 28.9 Å². The summed E-state index contributed by atoms with van der Waals surface area (Å²) in [5, 5.41) is 4.58. The lowest BCUT2D eigenvalue weighted by molar-refractivity contribution is 0.0989. The highest BCUT2D eigenvalue weighted by Gasteiger charge is 2.15. The average molecular weight is 264 g/mol. The lowest BCUT2D eigenvalue weighted by Crippen LogP contribution is -2.13. The van der Waals surface area contributed by atoms with Crippen LogP contribution >= 0.6 is 11.6 Å². The molecule has 0 N–H and O–H groups in total. The van der Waals surface area contributed by atoms with Crippen molar-refractivity contribution < 1.29 is 4.79 Å². The minimum atomic E-state index is -0.0458. The second-order valence-corrected chi connectivity index (χ2v) is 4.70. The molecule has 2 aromatic rings. The maximum Gasteiger partial charge on any atom is 0.171 e. The molecule has 0 amide bonds. The molecule has 0 saturated heterocycles. The van der Waals surface area contributed by atoms with Crippen molar-refractivity contribution >= 4 is 17.4 Å². The summed E-state index contributed by atoms with van der Waals surface area (Å²) < 4.78 is 1.74. The van der Waals surface area contributed by atoms with Crippen LogP contribution in [0.25, 0.3) is 0 Å². The van der Waals surface area contributed by atoms with Crippen LogP contribution in [0.15, 0.2) is 30.6 Å². The van der Waals surface area contributed by atoms with E-state index in [9.17, 15) is 4.79 Å². The van der Waals surface area contributed by atoms with E-state index in [4.69, 9.17) is 11.6 Å². The maximum absolute atomic E-state index is 12.1. The van der Waals surface area contributed by atoms with Crippen LogP contribution in [0, 0.1) is 0 Å². The molecule has 18 heavy (non-hydrogen) atoms. The molecule has 0 aliphatic heterocycles. The van der Waals surface area contributed by atoms with Crippen LogP contribution in [0.1, 0.15) is 36.1 Å². The predicted molar refractivity (Wildman–Crippen MR) is 69.9 cm³/mol.